The molecule has 0 aliphatic carbocycles. The number of hydrogen-bond acceptors (Lipinski definition) is 4. The first-order valence-corrected chi connectivity index (χ1v) is 10.9. The fourth-order valence-electron chi connectivity index (χ4n) is 3.14. The van der Waals surface area contributed by atoms with Gasteiger partial charge in [-0.2, -0.15) is 26.3 Å². The van der Waals surface area contributed by atoms with E-state index in [9.17, 15) is 31.1 Å². The van der Waals surface area contributed by atoms with Crippen LogP contribution in [0.1, 0.15) is 27.8 Å². The van der Waals surface area contributed by atoms with Crippen molar-refractivity contribution >= 4 is 23.4 Å². The molecule has 0 aliphatic heterocycles. The summed E-state index contributed by atoms with van der Waals surface area (Å²) < 4.78 is 77.8. The number of nitrogens with zero attached hydrogens (tertiary/aromatic N) is 2. The summed E-state index contributed by atoms with van der Waals surface area (Å²) in [6.07, 6.45) is -10.00. The second kappa shape index (κ2) is 9.65. The van der Waals surface area contributed by atoms with Gasteiger partial charge in [0, 0.05) is 11.3 Å². The number of aromatic nitrogens is 2. The lowest BCUT2D eigenvalue weighted by atomic mass is 9.99. The van der Waals surface area contributed by atoms with Crippen LogP contribution in [0.2, 0.25) is 0 Å². The third kappa shape index (κ3) is 6.28. The molecule has 3 rings (SSSR count). The van der Waals surface area contributed by atoms with Gasteiger partial charge in [0.1, 0.15) is 5.03 Å². The van der Waals surface area contributed by atoms with Gasteiger partial charge in [-0.1, -0.05) is 17.8 Å². The molecule has 11 heteroatoms. The molecule has 0 saturated carbocycles. The summed E-state index contributed by atoms with van der Waals surface area (Å²) in [6, 6.07) is 8.32. The molecule has 1 heterocycles. The highest BCUT2D eigenvalue weighted by molar-refractivity contribution is 7.99. The van der Waals surface area contributed by atoms with E-state index in [1.54, 1.807) is 12.1 Å². The zero-order valence-electron chi connectivity index (χ0n) is 18.2. The van der Waals surface area contributed by atoms with Crippen molar-refractivity contribution in [2.24, 2.45) is 0 Å². The normalized spacial score (nSPS) is 12.0. The van der Waals surface area contributed by atoms with Gasteiger partial charge < -0.3 is 5.32 Å². The van der Waals surface area contributed by atoms with Crippen molar-refractivity contribution in [1.82, 2.24) is 10.2 Å². The van der Waals surface area contributed by atoms with Crippen LogP contribution in [-0.4, -0.2) is 21.9 Å². The van der Waals surface area contributed by atoms with Gasteiger partial charge in [0.15, 0.2) is 0 Å². The molecule has 1 aromatic heterocycles. The lowest BCUT2D eigenvalue weighted by Gasteiger charge is -2.14. The average Bonchev–Trinajstić information content (AvgIpc) is 2.74. The van der Waals surface area contributed by atoms with Crippen LogP contribution < -0.4 is 5.32 Å². The van der Waals surface area contributed by atoms with E-state index in [2.05, 4.69) is 15.5 Å². The van der Waals surface area contributed by atoms with Crippen LogP contribution in [0.3, 0.4) is 0 Å². The number of rotatable bonds is 5. The van der Waals surface area contributed by atoms with Gasteiger partial charge in [-0.05, 0) is 73.9 Å². The molecule has 0 atom stereocenters. The van der Waals surface area contributed by atoms with Crippen LogP contribution in [0.5, 0.6) is 0 Å². The predicted molar refractivity (Wildman–Crippen MR) is 117 cm³/mol. The molecule has 4 nitrogen and oxygen atoms in total. The molecule has 180 valence electrons. The van der Waals surface area contributed by atoms with Gasteiger partial charge in [0.2, 0.25) is 5.91 Å². The Morgan fingerprint density at radius 2 is 1.41 bits per heavy atom. The van der Waals surface area contributed by atoms with E-state index in [0.717, 1.165) is 34.0 Å². The Hall–Kier alpha value is -3.08. The Balaban J connectivity index is 1.69. The van der Waals surface area contributed by atoms with E-state index >= 15 is 0 Å². The predicted octanol–water partition coefficient (Wildman–Crippen LogP) is 6.84. The van der Waals surface area contributed by atoms with E-state index in [0.29, 0.717) is 22.9 Å². The molecule has 0 aliphatic rings. The number of benzene rings is 2. The first kappa shape index (κ1) is 25.5. The minimum atomic E-state index is -5.00. The third-order valence-electron chi connectivity index (χ3n) is 4.98. The number of anilines is 1. The maximum Gasteiger partial charge on any atom is 0.416 e. The molecule has 1 N–H and O–H groups in total. The number of nitrogens with one attached hydrogen (secondary N) is 1. The topological polar surface area (TPSA) is 54.9 Å². The Bertz CT molecular complexity index is 1170. The van der Waals surface area contributed by atoms with Crippen molar-refractivity contribution in [3.63, 3.8) is 0 Å². The van der Waals surface area contributed by atoms with Crippen LogP contribution >= 0.6 is 11.8 Å². The van der Waals surface area contributed by atoms with Crippen molar-refractivity contribution in [2.75, 3.05) is 11.1 Å². The summed E-state index contributed by atoms with van der Waals surface area (Å²) in [6.45, 7) is 5.94. The van der Waals surface area contributed by atoms with Crippen molar-refractivity contribution in [1.29, 1.82) is 0 Å². The summed E-state index contributed by atoms with van der Waals surface area (Å²) in [5.74, 6) is -1.07. The molecular formula is C23H19F6N3OS. The van der Waals surface area contributed by atoms with Crippen LogP contribution in [0.4, 0.5) is 32.0 Å². The maximum atomic E-state index is 13.0. The Labute approximate surface area is 195 Å². The van der Waals surface area contributed by atoms with Crippen LogP contribution in [-0.2, 0) is 17.1 Å². The van der Waals surface area contributed by atoms with E-state index in [1.807, 2.05) is 32.9 Å². The zero-order valence-corrected chi connectivity index (χ0v) is 19.0. The summed E-state index contributed by atoms with van der Waals surface area (Å²) in [4.78, 5) is 12.2. The highest BCUT2D eigenvalue weighted by Gasteiger charge is 2.37. The molecular weight excluding hydrogens is 480 g/mol. The molecule has 0 radical (unpaired) electrons. The van der Waals surface area contributed by atoms with E-state index in [-0.39, 0.29) is 11.8 Å². The summed E-state index contributed by atoms with van der Waals surface area (Å²) in [5, 5.41) is 10.7. The van der Waals surface area contributed by atoms with Crippen molar-refractivity contribution in [2.45, 2.75) is 38.1 Å². The number of alkyl halides is 6. The van der Waals surface area contributed by atoms with Crippen molar-refractivity contribution in [3.05, 3.63) is 70.3 Å². The number of carbonyl (C=O) groups is 1. The van der Waals surface area contributed by atoms with E-state index in [1.165, 1.54) is 0 Å². The lowest BCUT2D eigenvalue weighted by molar-refractivity contribution is -0.143. The minimum Gasteiger partial charge on any atom is -0.325 e. The first-order valence-electron chi connectivity index (χ1n) is 9.88. The summed E-state index contributed by atoms with van der Waals surface area (Å²) in [7, 11) is 0. The Morgan fingerprint density at radius 3 is 1.94 bits per heavy atom. The smallest absolute Gasteiger partial charge is 0.325 e. The molecule has 0 unspecified atom stereocenters. The van der Waals surface area contributed by atoms with Crippen molar-refractivity contribution < 1.29 is 31.1 Å². The number of thioether (sulfide) groups is 1. The largest absolute Gasteiger partial charge is 0.416 e. The standard InChI is InChI=1S/C23H19F6N3OS/c1-12-6-14(3)18(7-13(12)2)19-4-5-21(32-31-19)34-11-20(33)30-17-9-15(22(24,25)26)8-16(10-17)23(27,28)29/h4-10H,11H2,1-3H3,(H,30,33). The van der Waals surface area contributed by atoms with Gasteiger partial charge in [-0.3, -0.25) is 4.79 Å². The van der Waals surface area contributed by atoms with Gasteiger partial charge >= 0.3 is 12.4 Å². The first-order chi connectivity index (χ1) is 15.7. The molecule has 34 heavy (non-hydrogen) atoms. The SMILES string of the molecule is Cc1cc(C)c(-c2ccc(SCC(=O)Nc3cc(C(F)(F)F)cc(C(F)(F)F)c3)nn2)cc1C. The number of amides is 1. The third-order valence-corrected chi connectivity index (χ3v) is 5.90. The minimum absolute atomic E-state index is 0.00118. The van der Waals surface area contributed by atoms with Crippen LogP contribution in [0, 0.1) is 20.8 Å². The van der Waals surface area contributed by atoms with Crippen LogP contribution in [0.15, 0.2) is 47.5 Å². The molecule has 1 amide bonds. The van der Waals surface area contributed by atoms with Gasteiger partial charge in [-0.15, -0.1) is 10.2 Å². The second-order valence-corrected chi connectivity index (χ2v) is 8.64. The number of halogens is 6. The molecule has 2 aromatic carbocycles. The average molecular weight is 499 g/mol. The summed E-state index contributed by atoms with van der Waals surface area (Å²) in [5.41, 5.74) is 1.21. The van der Waals surface area contributed by atoms with Crippen molar-refractivity contribution in [3.8, 4) is 11.3 Å². The fraction of sp³-hybridized carbons (Fsp3) is 0.261. The molecule has 0 fully saturated rings. The lowest BCUT2D eigenvalue weighted by Crippen LogP contribution is -2.17. The quantitative estimate of drug-likeness (QED) is 0.309. The Kier molecular flexibility index (Phi) is 7.25. The maximum absolute atomic E-state index is 13.0. The molecule has 0 bridgehead atoms. The molecule has 3 aromatic rings. The zero-order chi connectivity index (χ0) is 25.3. The number of carbonyl (C=O) groups excluding carboxylic acids is 1. The highest BCUT2D eigenvalue weighted by Crippen LogP contribution is 2.37. The van der Waals surface area contributed by atoms with E-state index < -0.39 is 35.1 Å². The van der Waals surface area contributed by atoms with Gasteiger partial charge in [0.05, 0.1) is 22.6 Å². The van der Waals surface area contributed by atoms with Gasteiger partial charge in [-0.25, -0.2) is 0 Å². The Morgan fingerprint density at radius 1 is 0.824 bits per heavy atom. The van der Waals surface area contributed by atoms with E-state index in [4.69, 9.17) is 0 Å². The van der Waals surface area contributed by atoms with Gasteiger partial charge in [0.25, 0.3) is 0 Å². The van der Waals surface area contributed by atoms with Crippen LogP contribution in [0.25, 0.3) is 11.3 Å². The fourth-order valence-corrected chi connectivity index (χ4v) is 3.75. The number of aryl methyl sites for hydroxylation is 3. The molecule has 0 spiro atoms. The monoisotopic (exact) mass is 499 g/mol. The molecule has 0 saturated heterocycles. The summed E-state index contributed by atoms with van der Waals surface area (Å²) >= 11 is 0.951. The highest BCUT2D eigenvalue weighted by atomic mass is 32.2. The number of hydrogen-bond donors (Lipinski definition) is 1. The second-order valence-electron chi connectivity index (χ2n) is 7.64.